The third kappa shape index (κ3) is 2.86. The number of aromatic amines is 1. The molecule has 3 rings (SSSR count). The minimum absolute atomic E-state index is 0.253. The number of anilines is 1. The lowest BCUT2D eigenvalue weighted by Crippen LogP contribution is -2.14. The van der Waals surface area contributed by atoms with Crippen molar-refractivity contribution in [2.45, 2.75) is 0 Å². The Morgan fingerprint density at radius 3 is 2.90 bits per heavy atom. The zero-order valence-electron chi connectivity index (χ0n) is 10.7. The normalized spacial score (nSPS) is 10.6. The molecule has 0 atom stereocenters. The Labute approximate surface area is 134 Å². The van der Waals surface area contributed by atoms with Crippen molar-refractivity contribution in [1.82, 2.24) is 14.8 Å². The molecule has 2 aromatic heterocycles. The molecule has 0 aliphatic heterocycles. The fraction of sp³-hybridized carbons (Fsp3) is 0. The SMILES string of the molecule is O=C(Nc1cccc(Cl)c1-n1cccn1)c1cc(Br)c[nH]1. The lowest BCUT2D eigenvalue weighted by Gasteiger charge is -2.12. The molecule has 0 radical (unpaired) electrons. The predicted octanol–water partition coefficient (Wildman–Crippen LogP) is 3.87. The lowest BCUT2D eigenvalue weighted by molar-refractivity contribution is 0.102. The van der Waals surface area contributed by atoms with Gasteiger partial charge in [0.25, 0.3) is 5.91 Å². The van der Waals surface area contributed by atoms with Gasteiger partial charge in [-0.1, -0.05) is 17.7 Å². The van der Waals surface area contributed by atoms with Crippen LogP contribution in [-0.2, 0) is 0 Å². The number of hydrogen-bond donors (Lipinski definition) is 2. The van der Waals surface area contributed by atoms with Crippen molar-refractivity contribution in [3.63, 3.8) is 0 Å². The van der Waals surface area contributed by atoms with Crippen LogP contribution in [-0.4, -0.2) is 20.7 Å². The van der Waals surface area contributed by atoms with E-state index in [0.29, 0.717) is 22.1 Å². The zero-order valence-corrected chi connectivity index (χ0v) is 13.0. The molecule has 7 heteroatoms. The van der Waals surface area contributed by atoms with Crippen molar-refractivity contribution in [1.29, 1.82) is 0 Å². The Balaban J connectivity index is 1.96. The number of nitrogens with zero attached hydrogens (tertiary/aromatic N) is 2. The Kier molecular flexibility index (Phi) is 3.81. The van der Waals surface area contributed by atoms with E-state index < -0.39 is 0 Å². The van der Waals surface area contributed by atoms with Crippen LogP contribution >= 0.6 is 27.5 Å². The number of amides is 1. The smallest absolute Gasteiger partial charge is 0.272 e. The first-order valence-corrected chi connectivity index (χ1v) is 7.26. The van der Waals surface area contributed by atoms with E-state index in [1.165, 1.54) is 0 Å². The Hall–Kier alpha value is -2.05. The minimum Gasteiger partial charge on any atom is -0.356 e. The summed E-state index contributed by atoms with van der Waals surface area (Å²) < 4.78 is 2.42. The van der Waals surface area contributed by atoms with E-state index in [1.54, 1.807) is 53.6 Å². The number of hydrogen-bond acceptors (Lipinski definition) is 2. The van der Waals surface area contributed by atoms with Gasteiger partial charge in [-0.2, -0.15) is 5.10 Å². The van der Waals surface area contributed by atoms with Crippen molar-refractivity contribution < 1.29 is 4.79 Å². The standard InChI is InChI=1S/C14H10BrClN4O/c15-9-7-12(17-8-9)14(21)19-11-4-1-3-10(16)13(11)20-6-2-5-18-20/h1-8,17H,(H,19,21). The van der Waals surface area contributed by atoms with Crippen molar-refractivity contribution in [3.05, 3.63) is 64.1 Å². The van der Waals surface area contributed by atoms with Gasteiger partial charge in [0.2, 0.25) is 0 Å². The number of aromatic nitrogens is 3. The maximum absolute atomic E-state index is 12.2. The van der Waals surface area contributed by atoms with E-state index in [4.69, 9.17) is 11.6 Å². The highest BCUT2D eigenvalue weighted by molar-refractivity contribution is 9.10. The van der Waals surface area contributed by atoms with Crippen LogP contribution in [0.15, 0.2) is 53.4 Å². The molecule has 0 fully saturated rings. The highest BCUT2D eigenvalue weighted by Gasteiger charge is 2.14. The molecule has 106 valence electrons. The van der Waals surface area contributed by atoms with Crippen molar-refractivity contribution in [3.8, 4) is 5.69 Å². The van der Waals surface area contributed by atoms with Crippen LogP contribution in [0.2, 0.25) is 5.02 Å². The summed E-state index contributed by atoms with van der Waals surface area (Å²) in [5.41, 5.74) is 1.67. The van der Waals surface area contributed by atoms with E-state index in [9.17, 15) is 4.79 Å². The van der Waals surface area contributed by atoms with Crippen molar-refractivity contribution in [2.24, 2.45) is 0 Å². The van der Waals surface area contributed by atoms with Crippen LogP contribution in [0.4, 0.5) is 5.69 Å². The van der Waals surface area contributed by atoms with E-state index >= 15 is 0 Å². The second kappa shape index (κ2) is 5.75. The zero-order chi connectivity index (χ0) is 14.8. The highest BCUT2D eigenvalue weighted by atomic mass is 79.9. The number of carbonyl (C=O) groups is 1. The summed E-state index contributed by atoms with van der Waals surface area (Å²) in [6, 6.07) is 8.79. The third-order valence-electron chi connectivity index (χ3n) is 2.86. The summed E-state index contributed by atoms with van der Waals surface area (Å²) >= 11 is 9.52. The molecule has 1 amide bonds. The molecular weight excluding hydrogens is 356 g/mol. The molecule has 0 unspecified atom stereocenters. The van der Waals surface area contributed by atoms with Gasteiger partial charge in [0.1, 0.15) is 11.4 Å². The van der Waals surface area contributed by atoms with Gasteiger partial charge in [0.15, 0.2) is 0 Å². The Morgan fingerprint density at radius 1 is 1.38 bits per heavy atom. The molecule has 0 saturated heterocycles. The molecule has 2 N–H and O–H groups in total. The average Bonchev–Trinajstić information content (AvgIpc) is 3.10. The van der Waals surface area contributed by atoms with E-state index in [1.807, 2.05) is 0 Å². The number of benzene rings is 1. The molecular formula is C14H10BrClN4O. The van der Waals surface area contributed by atoms with Gasteiger partial charge in [-0.05, 0) is 40.2 Å². The van der Waals surface area contributed by atoms with Gasteiger partial charge >= 0.3 is 0 Å². The molecule has 21 heavy (non-hydrogen) atoms. The maximum atomic E-state index is 12.2. The van der Waals surface area contributed by atoms with Gasteiger partial charge < -0.3 is 10.3 Å². The third-order valence-corrected chi connectivity index (χ3v) is 3.62. The first kappa shape index (κ1) is 13.9. The molecule has 0 bridgehead atoms. The van der Waals surface area contributed by atoms with Crippen LogP contribution < -0.4 is 5.32 Å². The monoisotopic (exact) mass is 364 g/mol. The molecule has 0 saturated carbocycles. The summed E-state index contributed by atoms with van der Waals surface area (Å²) in [5, 5.41) is 7.49. The largest absolute Gasteiger partial charge is 0.356 e. The second-order valence-corrected chi connectivity index (χ2v) is 5.60. The fourth-order valence-electron chi connectivity index (χ4n) is 1.94. The van der Waals surface area contributed by atoms with E-state index in [0.717, 1.165) is 4.47 Å². The summed E-state index contributed by atoms with van der Waals surface area (Å²) in [6.07, 6.45) is 5.11. The number of halogens is 2. The van der Waals surface area contributed by atoms with Crippen LogP contribution in [0.25, 0.3) is 5.69 Å². The van der Waals surface area contributed by atoms with Gasteiger partial charge in [-0.15, -0.1) is 0 Å². The summed E-state index contributed by atoms with van der Waals surface area (Å²) in [6.45, 7) is 0. The molecule has 0 aliphatic rings. The highest BCUT2D eigenvalue weighted by Crippen LogP contribution is 2.28. The first-order valence-electron chi connectivity index (χ1n) is 6.09. The number of nitrogens with one attached hydrogen (secondary N) is 2. The van der Waals surface area contributed by atoms with Crippen molar-refractivity contribution in [2.75, 3.05) is 5.32 Å². The lowest BCUT2D eigenvalue weighted by atomic mass is 10.2. The summed E-state index contributed by atoms with van der Waals surface area (Å²) in [5.74, 6) is -0.253. The van der Waals surface area contributed by atoms with Gasteiger partial charge in [0.05, 0.1) is 10.7 Å². The topological polar surface area (TPSA) is 62.7 Å². The van der Waals surface area contributed by atoms with Gasteiger partial charge in [-0.25, -0.2) is 4.68 Å². The predicted molar refractivity (Wildman–Crippen MR) is 85.0 cm³/mol. The molecule has 0 aliphatic carbocycles. The quantitative estimate of drug-likeness (QED) is 0.740. The number of H-pyrrole nitrogens is 1. The van der Waals surface area contributed by atoms with Crippen LogP contribution in [0.3, 0.4) is 0 Å². The summed E-state index contributed by atoms with van der Waals surface area (Å²) in [7, 11) is 0. The summed E-state index contributed by atoms with van der Waals surface area (Å²) in [4.78, 5) is 15.1. The van der Waals surface area contributed by atoms with E-state index in [2.05, 4.69) is 31.3 Å². The minimum atomic E-state index is -0.253. The molecule has 0 spiro atoms. The first-order chi connectivity index (χ1) is 10.1. The van der Waals surface area contributed by atoms with Crippen molar-refractivity contribution >= 4 is 39.1 Å². The fourth-order valence-corrected chi connectivity index (χ4v) is 2.54. The van der Waals surface area contributed by atoms with Gasteiger partial charge in [0, 0.05) is 23.1 Å². The number of para-hydroxylation sites is 1. The van der Waals surface area contributed by atoms with Gasteiger partial charge in [-0.3, -0.25) is 4.79 Å². The van der Waals surface area contributed by atoms with Crippen LogP contribution in [0.5, 0.6) is 0 Å². The molecule has 5 nitrogen and oxygen atoms in total. The molecule has 1 aromatic carbocycles. The van der Waals surface area contributed by atoms with Crippen LogP contribution in [0, 0.1) is 0 Å². The molecule has 3 aromatic rings. The second-order valence-electron chi connectivity index (χ2n) is 4.27. The average molecular weight is 366 g/mol. The maximum Gasteiger partial charge on any atom is 0.272 e. The number of rotatable bonds is 3. The Bertz CT molecular complexity index is 782. The number of carbonyl (C=O) groups excluding carboxylic acids is 1. The Morgan fingerprint density at radius 2 is 2.24 bits per heavy atom. The van der Waals surface area contributed by atoms with Crippen LogP contribution in [0.1, 0.15) is 10.5 Å². The molecule has 2 heterocycles. The van der Waals surface area contributed by atoms with E-state index in [-0.39, 0.29) is 5.91 Å².